The zero-order valence-corrected chi connectivity index (χ0v) is 18.1. The van der Waals surface area contributed by atoms with Crippen LogP contribution in [0.15, 0.2) is 42.5 Å². The fourth-order valence-electron chi connectivity index (χ4n) is 3.62. The van der Waals surface area contributed by atoms with Gasteiger partial charge >= 0.3 is 0 Å². The second-order valence-corrected chi connectivity index (χ2v) is 8.35. The third-order valence-electron chi connectivity index (χ3n) is 5.15. The van der Waals surface area contributed by atoms with Gasteiger partial charge in [0.2, 0.25) is 5.91 Å². The molecule has 0 bridgehead atoms. The number of hydrogen-bond acceptors (Lipinski definition) is 5. The number of amides is 1. The molecule has 0 aliphatic carbocycles. The van der Waals surface area contributed by atoms with E-state index in [1.165, 1.54) is 5.56 Å². The molecule has 1 aliphatic rings. The van der Waals surface area contributed by atoms with Gasteiger partial charge in [0, 0.05) is 24.1 Å². The first-order valence-electron chi connectivity index (χ1n) is 10.5. The third kappa shape index (κ3) is 6.48. The van der Waals surface area contributed by atoms with E-state index in [0.717, 1.165) is 12.0 Å². The number of aliphatic hydroxyl groups excluding tert-OH is 1. The molecule has 0 fully saturated rings. The van der Waals surface area contributed by atoms with Crippen LogP contribution in [0.1, 0.15) is 31.4 Å². The molecule has 6 nitrogen and oxygen atoms in total. The van der Waals surface area contributed by atoms with E-state index in [-0.39, 0.29) is 24.7 Å². The number of rotatable bonds is 10. The lowest BCUT2D eigenvalue weighted by molar-refractivity contribution is -0.116. The standard InChI is InChI=1S/C25H30N2O4/c1-4-14-30-22-12-11-21(20-10-13-23(29)27-24(20)22)31-17-19(28)16-26-25(2,3)15-18-8-6-5-7-9-18/h1,5-9,11-12,19,26,28H,10,13-17H2,2-3H3,(H,27,29). The van der Waals surface area contributed by atoms with Crippen LogP contribution in [0.5, 0.6) is 11.5 Å². The molecule has 0 spiro atoms. The lowest BCUT2D eigenvalue weighted by atomic mass is 9.95. The van der Waals surface area contributed by atoms with Gasteiger partial charge in [0.1, 0.15) is 30.8 Å². The Labute approximate surface area is 184 Å². The number of hydrogen-bond donors (Lipinski definition) is 3. The largest absolute Gasteiger partial charge is 0.490 e. The number of fused-ring (bicyclic) bond motifs is 1. The molecule has 6 heteroatoms. The van der Waals surface area contributed by atoms with Crippen molar-refractivity contribution in [2.45, 2.75) is 44.8 Å². The molecule has 1 amide bonds. The molecule has 0 radical (unpaired) electrons. The van der Waals surface area contributed by atoms with Crippen LogP contribution in [-0.4, -0.2) is 42.4 Å². The van der Waals surface area contributed by atoms with Crippen molar-refractivity contribution in [3.8, 4) is 23.8 Å². The molecule has 3 N–H and O–H groups in total. The van der Waals surface area contributed by atoms with E-state index >= 15 is 0 Å². The number of ether oxygens (including phenoxy) is 2. The van der Waals surface area contributed by atoms with Gasteiger partial charge in [-0.05, 0) is 44.4 Å². The van der Waals surface area contributed by atoms with Crippen LogP contribution in [0.2, 0.25) is 0 Å². The maximum Gasteiger partial charge on any atom is 0.224 e. The fourth-order valence-corrected chi connectivity index (χ4v) is 3.62. The highest BCUT2D eigenvalue weighted by Gasteiger charge is 2.24. The highest BCUT2D eigenvalue weighted by atomic mass is 16.5. The average Bonchev–Trinajstić information content (AvgIpc) is 2.75. The summed E-state index contributed by atoms with van der Waals surface area (Å²) in [4.78, 5) is 11.8. The van der Waals surface area contributed by atoms with Gasteiger partial charge in [-0.3, -0.25) is 4.79 Å². The highest BCUT2D eigenvalue weighted by molar-refractivity contribution is 5.96. The summed E-state index contributed by atoms with van der Waals surface area (Å²) in [5.74, 6) is 3.51. The van der Waals surface area contributed by atoms with E-state index in [9.17, 15) is 9.90 Å². The Kier molecular flexibility index (Phi) is 7.56. The number of β-amino-alcohol motifs (C(OH)–C–C–N with tert-alkyl or cyclic N) is 1. The van der Waals surface area contributed by atoms with Gasteiger partial charge in [-0.1, -0.05) is 36.3 Å². The minimum Gasteiger partial charge on any atom is -0.490 e. The molecule has 2 aromatic carbocycles. The average molecular weight is 423 g/mol. The van der Waals surface area contributed by atoms with Crippen molar-refractivity contribution in [2.75, 3.05) is 25.1 Å². The number of benzene rings is 2. The minimum atomic E-state index is -0.679. The number of carbonyl (C=O) groups is 1. The molecule has 1 unspecified atom stereocenters. The van der Waals surface area contributed by atoms with Crippen molar-refractivity contribution >= 4 is 11.6 Å². The summed E-state index contributed by atoms with van der Waals surface area (Å²) in [6.45, 7) is 4.89. The van der Waals surface area contributed by atoms with Crippen LogP contribution < -0.4 is 20.1 Å². The summed E-state index contributed by atoms with van der Waals surface area (Å²) in [6, 6.07) is 13.8. The molecule has 31 heavy (non-hydrogen) atoms. The fraction of sp³-hybridized carbons (Fsp3) is 0.400. The van der Waals surface area contributed by atoms with Crippen molar-refractivity contribution in [3.63, 3.8) is 0 Å². The zero-order valence-electron chi connectivity index (χ0n) is 18.1. The Balaban J connectivity index is 1.57. The first-order valence-corrected chi connectivity index (χ1v) is 10.5. The summed E-state index contributed by atoms with van der Waals surface area (Å²) < 4.78 is 11.4. The van der Waals surface area contributed by atoms with Gasteiger partial charge in [0.15, 0.2) is 0 Å². The van der Waals surface area contributed by atoms with Crippen molar-refractivity contribution in [2.24, 2.45) is 0 Å². The highest BCUT2D eigenvalue weighted by Crippen LogP contribution is 2.38. The molecule has 0 aromatic heterocycles. The van der Waals surface area contributed by atoms with E-state index < -0.39 is 6.10 Å². The number of aliphatic hydroxyl groups is 1. The molecule has 2 aromatic rings. The molecule has 0 saturated carbocycles. The van der Waals surface area contributed by atoms with Crippen molar-refractivity contribution in [3.05, 3.63) is 53.6 Å². The first kappa shape index (κ1) is 22.7. The molecule has 1 heterocycles. The molecular formula is C25H30N2O4. The van der Waals surface area contributed by atoms with Crippen LogP contribution in [0.25, 0.3) is 0 Å². The first-order chi connectivity index (χ1) is 14.9. The van der Waals surface area contributed by atoms with E-state index in [2.05, 4.69) is 42.5 Å². The summed E-state index contributed by atoms with van der Waals surface area (Å²) in [5, 5.41) is 16.7. The number of anilines is 1. The van der Waals surface area contributed by atoms with E-state index in [1.54, 1.807) is 12.1 Å². The van der Waals surface area contributed by atoms with Gasteiger partial charge in [0.25, 0.3) is 0 Å². The second kappa shape index (κ2) is 10.3. The monoisotopic (exact) mass is 422 g/mol. The van der Waals surface area contributed by atoms with Crippen LogP contribution in [0.4, 0.5) is 5.69 Å². The Morgan fingerprint density at radius 3 is 2.65 bits per heavy atom. The smallest absolute Gasteiger partial charge is 0.224 e. The van der Waals surface area contributed by atoms with Crippen molar-refractivity contribution in [1.29, 1.82) is 0 Å². The second-order valence-electron chi connectivity index (χ2n) is 8.35. The van der Waals surface area contributed by atoms with Crippen LogP contribution in [0.3, 0.4) is 0 Å². The predicted octanol–water partition coefficient (Wildman–Crippen LogP) is 2.93. The summed E-state index contributed by atoms with van der Waals surface area (Å²) in [7, 11) is 0. The normalized spacial score (nSPS) is 14.2. The maximum atomic E-state index is 11.8. The summed E-state index contributed by atoms with van der Waals surface area (Å²) in [5.41, 5.74) is 2.53. The number of carbonyl (C=O) groups excluding carboxylic acids is 1. The van der Waals surface area contributed by atoms with Gasteiger partial charge in [-0.25, -0.2) is 0 Å². The Morgan fingerprint density at radius 2 is 1.90 bits per heavy atom. The SMILES string of the molecule is C#CCOc1ccc(OCC(O)CNC(C)(C)Cc2ccccc2)c2c1NC(=O)CC2. The molecule has 0 saturated heterocycles. The van der Waals surface area contributed by atoms with Crippen molar-refractivity contribution in [1.82, 2.24) is 5.32 Å². The van der Waals surface area contributed by atoms with E-state index in [1.807, 2.05) is 18.2 Å². The quantitative estimate of drug-likeness (QED) is 0.513. The minimum absolute atomic E-state index is 0.0694. The summed E-state index contributed by atoms with van der Waals surface area (Å²) in [6.07, 6.45) is 6.37. The van der Waals surface area contributed by atoms with Gasteiger partial charge in [-0.15, -0.1) is 6.42 Å². The van der Waals surface area contributed by atoms with Gasteiger partial charge < -0.3 is 25.2 Å². The molecule has 3 rings (SSSR count). The van der Waals surface area contributed by atoms with Crippen LogP contribution >= 0.6 is 0 Å². The Morgan fingerprint density at radius 1 is 1.16 bits per heavy atom. The van der Waals surface area contributed by atoms with Crippen LogP contribution in [0, 0.1) is 12.3 Å². The molecule has 1 atom stereocenters. The summed E-state index contributed by atoms with van der Waals surface area (Å²) >= 11 is 0. The Bertz CT molecular complexity index is 935. The van der Waals surface area contributed by atoms with Gasteiger partial charge in [-0.2, -0.15) is 0 Å². The molecule has 164 valence electrons. The van der Waals surface area contributed by atoms with E-state index in [0.29, 0.717) is 36.6 Å². The molecule has 1 aliphatic heterocycles. The van der Waals surface area contributed by atoms with Gasteiger partial charge in [0.05, 0.1) is 5.69 Å². The van der Waals surface area contributed by atoms with Crippen molar-refractivity contribution < 1.29 is 19.4 Å². The van der Waals surface area contributed by atoms with Crippen LogP contribution in [-0.2, 0) is 17.6 Å². The van der Waals surface area contributed by atoms with E-state index in [4.69, 9.17) is 15.9 Å². The number of nitrogens with one attached hydrogen (secondary N) is 2. The lowest BCUT2D eigenvalue weighted by Gasteiger charge is -2.28. The predicted molar refractivity (Wildman–Crippen MR) is 121 cm³/mol. The topological polar surface area (TPSA) is 79.8 Å². The zero-order chi connectivity index (χ0) is 22.3. The molecular weight excluding hydrogens is 392 g/mol. The maximum absolute atomic E-state index is 11.8. The Hall–Kier alpha value is -3.01. The number of terminal acetylenes is 1. The third-order valence-corrected chi connectivity index (χ3v) is 5.15. The lowest BCUT2D eigenvalue weighted by Crippen LogP contribution is -2.46.